The van der Waals surface area contributed by atoms with Gasteiger partial charge in [0.15, 0.2) is 5.82 Å². The molecule has 3 N–H and O–H groups in total. The molecule has 0 bridgehead atoms. The molecule has 0 saturated heterocycles. The van der Waals surface area contributed by atoms with E-state index in [1.165, 1.54) is 41.6 Å². The van der Waals surface area contributed by atoms with Crippen LogP contribution in [0.4, 0.5) is 24.5 Å². The Kier molecular flexibility index (Phi) is 5.96. The van der Waals surface area contributed by atoms with Gasteiger partial charge in [-0.25, -0.2) is 4.98 Å². The number of hydrogen-bond acceptors (Lipinski definition) is 5. The van der Waals surface area contributed by atoms with Crippen LogP contribution in [0.1, 0.15) is 15.9 Å². The molecule has 2 heterocycles. The lowest BCUT2D eigenvalue weighted by atomic mass is 9.95. The Morgan fingerprint density at radius 3 is 2.33 bits per heavy atom. The van der Waals surface area contributed by atoms with Crippen molar-refractivity contribution in [3.63, 3.8) is 0 Å². The SMILES string of the molecule is Nc1ccccc1-c1cc(Cl)c(C(=O)Nc2cnc(-n3nccn3)c(Cl)c2)cc1C(F)(F)F. The minimum absolute atomic E-state index is 0.112. The highest BCUT2D eigenvalue weighted by atomic mass is 35.5. The monoisotopic (exact) mass is 492 g/mol. The van der Waals surface area contributed by atoms with Gasteiger partial charge in [0.25, 0.3) is 5.91 Å². The lowest BCUT2D eigenvalue weighted by Gasteiger charge is -2.17. The predicted molar refractivity (Wildman–Crippen MR) is 118 cm³/mol. The first-order valence-electron chi connectivity index (χ1n) is 9.24. The number of aromatic nitrogens is 4. The van der Waals surface area contributed by atoms with Gasteiger partial charge in [-0.2, -0.15) is 23.4 Å². The molecule has 0 aliphatic carbocycles. The molecule has 0 radical (unpaired) electrons. The Balaban J connectivity index is 1.70. The van der Waals surface area contributed by atoms with Gasteiger partial charge in [0.2, 0.25) is 0 Å². The van der Waals surface area contributed by atoms with Crippen LogP contribution in [0.25, 0.3) is 16.9 Å². The van der Waals surface area contributed by atoms with E-state index in [4.69, 9.17) is 28.9 Å². The van der Waals surface area contributed by atoms with E-state index in [-0.39, 0.29) is 43.9 Å². The fourth-order valence-electron chi connectivity index (χ4n) is 3.12. The molecule has 2 aromatic heterocycles. The minimum atomic E-state index is -4.76. The number of alkyl halides is 3. The highest BCUT2D eigenvalue weighted by Gasteiger charge is 2.35. The van der Waals surface area contributed by atoms with Gasteiger partial charge in [0, 0.05) is 11.3 Å². The number of nitrogens with one attached hydrogen (secondary N) is 1. The molecule has 4 aromatic rings. The first kappa shape index (κ1) is 22.6. The van der Waals surface area contributed by atoms with Crippen LogP contribution in [-0.4, -0.2) is 25.9 Å². The van der Waals surface area contributed by atoms with Crippen LogP contribution >= 0.6 is 23.2 Å². The summed E-state index contributed by atoms with van der Waals surface area (Å²) in [4.78, 5) is 18.0. The molecule has 2 aromatic carbocycles. The Hall–Kier alpha value is -3.63. The van der Waals surface area contributed by atoms with Crippen molar-refractivity contribution in [3.8, 4) is 16.9 Å². The standard InChI is InChI=1S/C21H13Cl2F3N6O/c22-16-9-13(12-3-1-2-4-18(12)27)15(21(24,25)26)8-14(16)20(33)31-11-7-17(23)19(28-10-11)32-29-5-6-30-32/h1-10H,27H2,(H,31,33). The van der Waals surface area contributed by atoms with E-state index in [1.54, 1.807) is 12.1 Å². The smallest absolute Gasteiger partial charge is 0.398 e. The number of nitrogens with two attached hydrogens (primary N) is 1. The summed E-state index contributed by atoms with van der Waals surface area (Å²) < 4.78 is 41.5. The van der Waals surface area contributed by atoms with Crippen molar-refractivity contribution in [1.82, 2.24) is 20.0 Å². The number of halogens is 5. The Bertz CT molecular complexity index is 1340. The van der Waals surface area contributed by atoms with Crippen molar-refractivity contribution in [2.75, 3.05) is 11.1 Å². The van der Waals surface area contributed by atoms with Gasteiger partial charge in [0.05, 0.1) is 45.5 Å². The van der Waals surface area contributed by atoms with Crippen LogP contribution in [0, 0.1) is 0 Å². The van der Waals surface area contributed by atoms with Gasteiger partial charge in [0.1, 0.15) is 0 Å². The summed E-state index contributed by atoms with van der Waals surface area (Å²) in [6, 6.07) is 9.20. The molecule has 0 aliphatic rings. The number of hydrogen-bond donors (Lipinski definition) is 2. The average Bonchev–Trinajstić information content (AvgIpc) is 3.27. The zero-order valence-electron chi connectivity index (χ0n) is 16.4. The van der Waals surface area contributed by atoms with Crippen LogP contribution in [-0.2, 0) is 6.18 Å². The Morgan fingerprint density at radius 1 is 1.00 bits per heavy atom. The predicted octanol–water partition coefficient (Wildman–Crippen LogP) is 5.49. The number of carbonyl (C=O) groups excluding carboxylic acids is 1. The normalized spacial score (nSPS) is 11.4. The molecule has 0 atom stereocenters. The van der Waals surface area contributed by atoms with Crippen molar-refractivity contribution >= 4 is 40.5 Å². The number of carbonyl (C=O) groups is 1. The van der Waals surface area contributed by atoms with E-state index in [0.29, 0.717) is 6.07 Å². The fourth-order valence-corrected chi connectivity index (χ4v) is 3.61. The molecule has 4 rings (SSSR count). The molecule has 168 valence electrons. The van der Waals surface area contributed by atoms with E-state index in [0.717, 1.165) is 6.07 Å². The summed E-state index contributed by atoms with van der Waals surface area (Å²) in [5, 5.41) is 10.2. The van der Waals surface area contributed by atoms with Gasteiger partial charge in [-0.1, -0.05) is 41.4 Å². The van der Waals surface area contributed by atoms with Crippen LogP contribution in [0.3, 0.4) is 0 Å². The third-order valence-electron chi connectivity index (χ3n) is 4.60. The van der Waals surface area contributed by atoms with Gasteiger partial charge in [-0.15, -0.1) is 4.80 Å². The van der Waals surface area contributed by atoms with E-state index in [2.05, 4.69) is 20.5 Å². The number of benzene rings is 2. The number of pyridine rings is 1. The fraction of sp³-hybridized carbons (Fsp3) is 0.0476. The number of para-hydroxylation sites is 1. The second-order valence-electron chi connectivity index (χ2n) is 6.76. The number of nitrogen functional groups attached to an aromatic ring is 1. The van der Waals surface area contributed by atoms with E-state index in [1.807, 2.05) is 0 Å². The topological polar surface area (TPSA) is 98.7 Å². The highest BCUT2D eigenvalue weighted by molar-refractivity contribution is 6.35. The van der Waals surface area contributed by atoms with E-state index < -0.39 is 17.6 Å². The summed E-state index contributed by atoms with van der Waals surface area (Å²) in [5.74, 6) is -0.664. The van der Waals surface area contributed by atoms with Gasteiger partial charge < -0.3 is 11.1 Å². The van der Waals surface area contributed by atoms with Gasteiger partial charge in [-0.05, 0) is 29.8 Å². The maximum absolute atomic E-state index is 13.8. The summed E-state index contributed by atoms with van der Waals surface area (Å²) >= 11 is 12.4. The molecule has 0 spiro atoms. The molecular formula is C21H13Cl2F3N6O. The van der Waals surface area contributed by atoms with Crippen LogP contribution in [0.15, 0.2) is 61.1 Å². The molecule has 0 fully saturated rings. The Labute approximate surface area is 195 Å². The number of anilines is 2. The number of amides is 1. The van der Waals surface area contributed by atoms with Crippen LogP contribution in [0.5, 0.6) is 0 Å². The first-order valence-corrected chi connectivity index (χ1v) is 10.00. The van der Waals surface area contributed by atoms with E-state index >= 15 is 0 Å². The van der Waals surface area contributed by atoms with Gasteiger partial charge in [-0.3, -0.25) is 4.79 Å². The molecule has 0 aliphatic heterocycles. The van der Waals surface area contributed by atoms with Crippen molar-refractivity contribution in [1.29, 1.82) is 0 Å². The zero-order valence-corrected chi connectivity index (χ0v) is 17.9. The summed E-state index contributed by atoms with van der Waals surface area (Å²) in [6.07, 6.45) is -0.637. The zero-order chi connectivity index (χ0) is 23.8. The highest BCUT2D eigenvalue weighted by Crippen LogP contribution is 2.41. The summed E-state index contributed by atoms with van der Waals surface area (Å²) in [5.41, 5.74) is 4.63. The summed E-state index contributed by atoms with van der Waals surface area (Å²) in [6.45, 7) is 0. The number of nitrogens with zero attached hydrogens (tertiary/aromatic N) is 4. The van der Waals surface area contributed by atoms with Crippen molar-refractivity contribution in [3.05, 3.63) is 82.2 Å². The largest absolute Gasteiger partial charge is 0.417 e. The maximum Gasteiger partial charge on any atom is 0.417 e. The lowest BCUT2D eigenvalue weighted by Crippen LogP contribution is -2.16. The molecule has 0 saturated carbocycles. The van der Waals surface area contributed by atoms with Crippen LogP contribution in [0.2, 0.25) is 10.0 Å². The maximum atomic E-state index is 13.8. The molecule has 33 heavy (non-hydrogen) atoms. The lowest BCUT2D eigenvalue weighted by molar-refractivity contribution is -0.137. The first-order chi connectivity index (χ1) is 15.6. The minimum Gasteiger partial charge on any atom is -0.398 e. The van der Waals surface area contributed by atoms with Crippen molar-refractivity contribution in [2.45, 2.75) is 6.18 Å². The molecular weight excluding hydrogens is 480 g/mol. The van der Waals surface area contributed by atoms with Gasteiger partial charge >= 0.3 is 6.18 Å². The molecule has 0 unspecified atom stereocenters. The van der Waals surface area contributed by atoms with E-state index in [9.17, 15) is 18.0 Å². The van der Waals surface area contributed by atoms with Crippen molar-refractivity contribution < 1.29 is 18.0 Å². The second kappa shape index (κ2) is 8.72. The third-order valence-corrected chi connectivity index (χ3v) is 5.19. The Morgan fingerprint density at radius 2 is 1.70 bits per heavy atom. The van der Waals surface area contributed by atoms with Crippen molar-refractivity contribution in [2.24, 2.45) is 0 Å². The summed E-state index contributed by atoms with van der Waals surface area (Å²) in [7, 11) is 0. The van der Waals surface area contributed by atoms with Crippen LogP contribution < -0.4 is 11.1 Å². The third kappa shape index (κ3) is 4.62. The second-order valence-corrected chi connectivity index (χ2v) is 7.58. The quantitative estimate of drug-likeness (QED) is 0.367. The molecule has 7 nitrogen and oxygen atoms in total. The molecule has 1 amide bonds. The number of rotatable bonds is 4. The average molecular weight is 493 g/mol. The molecule has 12 heteroatoms.